The van der Waals surface area contributed by atoms with Gasteiger partial charge in [-0.2, -0.15) is 11.3 Å². The van der Waals surface area contributed by atoms with Crippen molar-refractivity contribution >= 4 is 28.8 Å². The molecule has 1 amide bonds. The van der Waals surface area contributed by atoms with E-state index in [1.165, 1.54) is 11.3 Å². The van der Waals surface area contributed by atoms with Gasteiger partial charge < -0.3 is 25.0 Å². The SMILES string of the molecule is Nc1onc(-c2ccsc2)c1C(=O)Nc1ccc2c(c1)OCCO2. The minimum atomic E-state index is -0.397. The molecule has 0 fully saturated rings. The van der Waals surface area contributed by atoms with Crippen LogP contribution in [0.1, 0.15) is 10.4 Å². The number of rotatable bonds is 3. The van der Waals surface area contributed by atoms with Crippen molar-refractivity contribution in [2.45, 2.75) is 0 Å². The first-order valence-electron chi connectivity index (χ1n) is 7.21. The highest BCUT2D eigenvalue weighted by Crippen LogP contribution is 2.34. The number of nitrogen functional groups attached to an aromatic ring is 1. The molecule has 0 atom stereocenters. The van der Waals surface area contributed by atoms with E-state index < -0.39 is 5.91 Å². The Kier molecular flexibility index (Phi) is 3.58. The number of hydrogen-bond acceptors (Lipinski definition) is 7. The highest BCUT2D eigenvalue weighted by molar-refractivity contribution is 7.08. The predicted octanol–water partition coefficient (Wildman–Crippen LogP) is 3.01. The summed E-state index contributed by atoms with van der Waals surface area (Å²) >= 11 is 1.50. The molecule has 0 aliphatic carbocycles. The molecule has 3 heterocycles. The topological polar surface area (TPSA) is 99.6 Å². The lowest BCUT2D eigenvalue weighted by Gasteiger charge is -2.19. The van der Waals surface area contributed by atoms with Gasteiger partial charge in [-0.05, 0) is 23.6 Å². The average Bonchev–Trinajstić information content (AvgIpc) is 3.24. The molecule has 0 unspecified atom stereocenters. The van der Waals surface area contributed by atoms with Crippen LogP contribution in [0.2, 0.25) is 0 Å². The van der Waals surface area contributed by atoms with Crippen molar-refractivity contribution in [1.82, 2.24) is 5.16 Å². The van der Waals surface area contributed by atoms with Crippen molar-refractivity contribution in [2.24, 2.45) is 0 Å². The smallest absolute Gasteiger partial charge is 0.263 e. The fraction of sp³-hybridized carbons (Fsp3) is 0.125. The normalized spacial score (nSPS) is 12.8. The Morgan fingerprint density at radius 2 is 2.04 bits per heavy atom. The molecule has 7 nitrogen and oxygen atoms in total. The van der Waals surface area contributed by atoms with Crippen molar-refractivity contribution in [3.63, 3.8) is 0 Å². The monoisotopic (exact) mass is 343 g/mol. The number of carbonyl (C=O) groups is 1. The Bertz CT molecular complexity index is 889. The molecule has 8 heteroatoms. The van der Waals surface area contributed by atoms with Crippen LogP contribution in [0.25, 0.3) is 11.3 Å². The van der Waals surface area contributed by atoms with E-state index in [0.29, 0.717) is 36.1 Å². The number of aromatic nitrogens is 1. The number of anilines is 2. The maximum absolute atomic E-state index is 12.6. The number of fused-ring (bicyclic) bond motifs is 1. The number of hydrogen-bond donors (Lipinski definition) is 2. The molecule has 0 saturated carbocycles. The summed E-state index contributed by atoms with van der Waals surface area (Å²) < 4.78 is 16.0. The summed E-state index contributed by atoms with van der Waals surface area (Å²) in [7, 11) is 0. The van der Waals surface area contributed by atoms with E-state index >= 15 is 0 Å². The number of ether oxygens (including phenoxy) is 2. The molecule has 1 aromatic carbocycles. The van der Waals surface area contributed by atoms with E-state index in [2.05, 4.69) is 10.5 Å². The minimum absolute atomic E-state index is 0.0220. The molecule has 0 spiro atoms. The highest BCUT2D eigenvalue weighted by atomic mass is 32.1. The van der Waals surface area contributed by atoms with Gasteiger partial charge in [0.15, 0.2) is 11.5 Å². The quantitative estimate of drug-likeness (QED) is 0.758. The van der Waals surface area contributed by atoms with E-state index in [0.717, 1.165) is 5.56 Å². The van der Waals surface area contributed by atoms with Crippen LogP contribution in [-0.4, -0.2) is 24.3 Å². The molecule has 0 saturated heterocycles. The maximum Gasteiger partial charge on any atom is 0.263 e. The van der Waals surface area contributed by atoms with Gasteiger partial charge in [-0.1, -0.05) is 5.16 Å². The average molecular weight is 343 g/mol. The van der Waals surface area contributed by atoms with Gasteiger partial charge >= 0.3 is 0 Å². The maximum atomic E-state index is 12.6. The second kappa shape index (κ2) is 5.89. The van der Waals surface area contributed by atoms with Crippen LogP contribution in [0.3, 0.4) is 0 Å². The van der Waals surface area contributed by atoms with Crippen molar-refractivity contribution in [3.8, 4) is 22.8 Å². The van der Waals surface area contributed by atoms with Gasteiger partial charge in [0.1, 0.15) is 24.5 Å². The largest absolute Gasteiger partial charge is 0.486 e. The molecule has 1 aliphatic heterocycles. The van der Waals surface area contributed by atoms with Crippen molar-refractivity contribution in [2.75, 3.05) is 24.3 Å². The Morgan fingerprint density at radius 3 is 2.83 bits per heavy atom. The predicted molar refractivity (Wildman–Crippen MR) is 89.6 cm³/mol. The van der Waals surface area contributed by atoms with Gasteiger partial charge in [-0.15, -0.1) is 0 Å². The van der Waals surface area contributed by atoms with Crippen LogP contribution in [-0.2, 0) is 0 Å². The summed E-state index contributed by atoms with van der Waals surface area (Å²) in [6.07, 6.45) is 0. The minimum Gasteiger partial charge on any atom is -0.486 e. The number of nitrogens with zero attached hydrogens (tertiary/aromatic N) is 1. The Morgan fingerprint density at radius 1 is 1.21 bits per heavy atom. The summed E-state index contributed by atoms with van der Waals surface area (Å²) in [6.45, 7) is 0.991. The number of benzene rings is 1. The van der Waals surface area contributed by atoms with Gasteiger partial charge in [0.05, 0.1) is 0 Å². The summed E-state index contributed by atoms with van der Waals surface area (Å²) in [6, 6.07) is 7.05. The van der Waals surface area contributed by atoms with Crippen molar-refractivity contribution in [1.29, 1.82) is 0 Å². The molecular formula is C16H13N3O4S. The first kappa shape index (κ1) is 14.6. The molecular weight excluding hydrogens is 330 g/mol. The van der Waals surface area contributed by atoms with Gasteiger partial charge in [0.2, 0.25) is 5.88 Å². The highest BCUT2D eigenvalue weighted by Gasteiger charge is 2.23. The molecule has 3 aromatic rings. The number of nitrogens with one attached hydrogen (secondary N) is 1. The standard InChI is InChI=1S/C16H13N3O4S/c17-15-13(14(19-23-15)9-3-6-24-8-9)16(20)18-10-1-2-11-12(7-10)22-5-4-21-11/h1-3,6-8H,4-5,17H2,(H,18,20). The van der Waals surface area contributed by atoms with Gasteiger partial charge in [-0.25, -0.2) is 0 Å². The van der Waals surface area contributed by atoms with E-state index in [1.807, 2.05) is 16.8 Å². The second-order valence-electron chi connectivity index (χ2n) is 5.10. The molecule has 24 heavy (non-hydrogen) atoms. The molecule has 3 N–H and O–H groups in total. The van der Waals surface area contributed by atoms with Crippen molar-refractivity contribution in [3.05, 3.63) is 40.6 Å². The van der Waals surface area contributed by atoms with Crippen LogP contribution in [0.15, 0.2) is 39.5 Å². The summed E-state index contributed by atoms with van der Waals surface area (Å²) in [5.74, 6) is 0.830. The first-order valence-corrected chi connectivity index (χ1v) is 8.15. The van der Waals surface area contributed by atoms with Crippen LogP contribution in [0.4, 0.5) is 11.6 Å². The van der Waals surface area contributed by atoms with E-state index in [-0.39, 0.29) is 11.4 Å². The number of nitrogens with two attached hydrogens (primary N) is 1. The zero-order valence-corrected chi connectivity index (χ0v) is 13.3. The fourth-order valence-electron chi connectivity index (χ4n) is 2.43. The van der Waals surface area contributed by atoms with Gasteiger partial charge in [0.25, 0.3) is 5.91 Å². The Labute approximate surface area is 141 Å². The molecule has 1 aliphatic rings. The fourth-order valence-corrected chi connectivity index (χ4v) is 3.07. The van der Waals surface area contributed by atoms with Crippen LogP contribution in [0, 0.1) is 0 Å². The number of thiophene rings is 1. The molecule has 0 bridgehead atoms. The summed E-state index contributed by atoms with van der Waals surface area (Å²) in [5.41, 5.74) is 7.77. The van der Waals surface area contributed by atoms with Crippen molar-refractivity contribution < 1.29 is 18.8 Å². The van der Waals surface area contributed by atoms with E-state index in [1.54, 1.807) is 18.2 Å². The Hall–Kier alpha value is -3.00. The van der Waals surface area contributed by atoms with Gasteiger partial charge in [0, 0.05) is 22.7 Å². The third-order valence-corrected chi connectivity index (χ3v) is 4.22. The third-order valence-electron chi connectivity index (χ3n) is 3.54. The Balaban J connectivity index is 1.62. The molecule has 122 valence electrons. The van der Waals surface area contributed by atoms with Crippen LogP contribution in [0.5, 0.6) is 11.5 Å². The lowest BCUT2D eigenvalue weighted by Crippen LogP contribution is -2.17. The number of carbonyl (C=O) groups excluding carboxylic acids is 1. The second-order valence-corrected chi connectivity index (χ2v) is 5.88. The lowest BCUT2D eigenvalue weighted by molar-refractivity contribution is 0.102. The molecule has 0 radical (unpaired) electrons. The van der Waals surface area contributed by atoms with E-state index in [4.69, 9.17) is 19.7 Å². The molecule has 2 aromatic heterocycles. The van der Waals surface area contributed by atoms with E-state index in [9.17, 15) is 4.79 Å². The zero-order chi connectivity index (χ0) is 16.5. The number of amides is 1. The summed E-state index contributed by atoms with van der Waals surface area (Å²) in [5, 5.41) is 10.4. The lowest BCUT2D eigenvalue weighted by atomic mass is 10.1. The van der Waals surface area contributed by atoms with Crippen LogP contribution >= 0.6 is 11.3 Å². The first-order chi connectivity index (χ1) is 11.7. The zero-order valence-electron chi connectivity index (χ0n) is 12.4. The molecule has 4 rings (SSSR count). The summed E-state index contributed by atoms with van der Waals surface area (Å²) in [4.78, 5) is 12.6. The van der Waals surface area contributed by atoms with Crippen LogP contribution < -0.4 is 20.5 Å². The van der Waals surface area contributed by atoms with Gasteiger partial charge in [-0.3, -0.25) is 4.79 Å². The third kappa shape index (κ3) is 2.56.